The molecule has 0 atom stereocenters. The van der Waals surface area contributed by atoms with Crippen molar-refractivity contribution >= 4 is 21.4 Å². The summed E-state index contributed by atoms with van der Waals surface area (Å²) in [5, 5.41) is 10.5. The maximum atomic E-state index is 11.9. The van der Waals surface area contributed by atoms with E-state index in [0.29, 0.717) is 11.4 Å². The van der Waals surface area contributed by atoms with Crippen molar-refractivity contribution in [2.75, 3.05) is 6.54 Å². The van der Waals surface area contributed by atoms with Gasteiger partial charge < -0.3 is 5.11 Å². The van der Waals surface area contributed by atoms with Gasteiger partial charge in [-0.3, -0.25) is 0 Å². The molecule has 0 amide bonds. The molecule has 0 radical (unpaired) electrons. The van der Waals surface area contributed by atoms with Crippen LogP contribution in [0.5, 0.6) is 0 Å². The maximum Gasteiger partial charge on any atom is 0.241 e. The third-order valence-electron chi connectivity index (χ3n) is 2.79. The minimum Gasteiger partial charge on any atom is -0.391 e. The molecule has 6 heteroatoms. The zero-order valence-electron chi connectivity index (χ0n) is 10.4. The van der Waals surface area contributed by atoms with Gasteiger partial charge in [-0.2, -0.15) is 0 Å². The van der Waals surface area contributed by atoms with E-state index >= 15 is 0 Å². The Labute approximate surface area is 107 Å². The third kappa shape index (κ3) is 4.06. The topological polar surface area (TPSA) is 66.4 Å². The second-order valence-electron chi connectivity index (χ2n) is 4.75. The van der Waals surface area contributed by atoms with Crippen LogP contribution in [0.3, 0.4) is 0 Å². The summed E-state index contributed by atoms with van der Waals surface area (Å²) in [6, 6.07) is 1.51. The first-order valence-corrected chi connectivity index (χ1v) is 7.85. The van der Waals surface area contributed by atoms with Gasteiger partial charge in [-0.15, -0.1) is 11.3 Å². The van der Waals surface area contributed by atoms with E-state index in [1.54, 1.807) is 5.38 Å². The lowest BCUT2D eigenvalue weighted by atomic mass is 9.91. The van der Waals surface area contributed by atoms with Crippen molar-refractivity contribution in [3.63, 3.8) is 0 Å². The quantitative estimate of drug-likeness (QED) is 0.835. The van der Waals surface area contributed by atoms with Gasteiger partial charge in [-0.25, -0.2) is 13.1 Å². The van der Waals surface area contributed by atoms with E-state index in [1.807, 2.05) is 20.8 Å². The van der Waals surface area contributed by atoms with Crippen LogP contribution in [-0.4, -0.2) is 20.1 Å². The Morgan fingerprint density at radius 1 is 1.47 bits per heavy atom. The van der Waals surface area contributed by atoms with Crippen molar-refractivity contribution in [3.05, 3.63) is 16.3 Å². The highest BCUT2D eigenvalue weighted by atomic mass is 32.2. The van der Waals surface area contributed by atoms with Crippen LogP contribution in [-0.2, 0) is 16.6 Å². The van der Waals surface area contributed by atoms with Crippen molar-refractivity contribution in [1.82, 2.24) is 4.72 Å². The number of hydrogen-bond acceptors (Lipinski definition) is 4. The lowest BCUT2D eigenvalue weighted by molar-refractivity contribution is 0.285. The largest absolute Gasteiger partial charge is 0.391 e. The molecule has 2 N–H and O–H groups in total. The molecular weight excluding hydrogens is 258 g/mol. The lowest BCUT2D eigenvalue weighted by Crippen LogP contribution is -2.33. The molecule has 0 fully saturated rings. The molecule has 0 aliphatic rings. The Kier molecular flexibility index (Phi) is 4.71. The molecule has 4 nitrogen and oxygen atoms in total. The van der Waals surface area contributed by atoms with Gasteiger partial charge in [-0.05, 0) is 17.9 Å². The third-order valence-corrected chi connectivity index (χ3v) is 5.25. The Morgan fingerprint density at radius 2 is 2.12 bits per heavy atom. The molecule has 1 aromatic rings. The smallest absolute Gasteiger partial charge is 0.241 e. The number of sulfonamides is 1. The van der Waals surface area contributed by atoms with Gasteiger partial charge in [0.15, 0.2) is 0 Å². The highest BCUT2D eigenvalue weighted by Gasteiger charge is 2.21. The summed E-state index contributed by atoms with van der Waals surface area (Å²) in [5.41, 5.74) is -0.0527. The summed E-state index contributed by atoms with van der Waals surface area (Å²) < 4.78 is 26.5. The summed E-state index contributed by atoms with van der Waals surface area (Å²) >= 11 is 1.25. The van der Waals surface area contributed by atoms with Crippen molar-refractivity contribution in [1.29, 1.82) is 0 Å². The number of rotatable bonds is 6. The molecule has 0 aliphatic heterocycles. The average molecular weight is 277 g/mol. The van der Waals surface area contributed by atoms with E-state index in [0.717, 1.165) is 6.42 Å². The Morgan fingerprint density at radius 3 is 2.59 bits per heavy atom. The maximum absolute atomic E-state index is 11.9. The number of aliphatic hydroxyl groups is 1. The van der Waals surface area contributed by atoms with Crippen molar-refractivity contribution in [3.8, 4) is 0 Å². The van der Waals surface area contributed by atoms with Crippen LogP contribution < -0.4 is 4.72 Å². The van der Waals surface area contributed by atoms with E-state index in [4.69, 9.17) is 5.11 Å². The molecule has 1 heterocycles. The number of aliphatic hydroxyl groups excluding tert-OH is 1. The van der Waals surface area contributed by atoms with Gasteiger partial charge in [0.1, 0.15) is 0 Å². The van der Waals surface area contributed by atoms with Gasteiger partial charge in [0.25, 0.3) is 0 Å². The molecule has 0 saturated carbocycles. The monoisotopic (exact) mass is 277 g/mol. The summed E-state index contributed by atoms with van der Waals surface area (Å²) in [6.07, 6.45) is 0.904. The first-order chi connectivity index (χ1) is 7.80. The van der Waals surface area contributed by atoms with Gasteiger partial charge in [-0.1, -0.05) is 20.8 Å². The van der Waals surface area contributed by atoms with Gasteiger partial charge in [0.05, 0.1) is 11.5 Å². The minimum absolute atomic E-state index is 0.0527. The van der Waals surface area contributed by atoms with E-state index in [-0.39, 0.29) is 16.9 Å². The first kappa shape index (κ1) is 14.6. The molecule has 0 bridgehead atoms. The number of hydrogen-bond donors (Lipinski definition) is 2. The number of nitrogens with one attached hydrogen (secondary N) is 1. The molecular formula is C11H19NO3S2. The summed E-state index contributed by atoms with van der Waals surface area (Å²) in [7, 11) is -3.44. The fourth-order valence-electron chi connectivity index (χ4n) is 1.08. The fraction of sp³-hybridized carbons (Fsp3) is 0.636. The second-order valence-corrected chi connectivity index (χ2v) is 7.51. The highest BCUT2D eigenvalue weighted by molar-refractivity contribution is 7.89. The summed E-state index contributed by atoms with van der Waals surface area (Å²) in [4.78, 5) is 0.888. The van der Waals surface area contributed by atoms with Crippen molar-refractivity contribution < 1.29 is 13.5 Å². The van der Waals surface area contributed by atoms with Crippen LogP contribution in [0.25, 0.3) is 0 Å². The second kappa shape index (κ2) is 5.48. The predicted molar refractivity (Wildman–Crippen MR) is 69.5 cm³/mol. The highest BCUT2D eigenvalue weighted by Crippen LogP contribution is 2.22. The molecule has 1 rings (SSSR count). The van der Waals surface area contributed by atoms with Crippen molar-refractivity contribution in [2.24, 2.45) is 5.41 Å². The van der Waals surface area contributed by atoms with Gasteiger partial charge in [0.2, 0.25) is 10.0 Å². The van der Waals surface area contributed by atoms with E-state index in [1.165, 1.54) is 17.4 Å². The minimum atomic E-state index is -3.44. The average Bonchev–Trinajstić information content (AvgIpc) is 2.76. The zero-order chi connectivity index (χ0) is 13.1. The molecule has 1 aromatic heterocycles. The number of thiophene rings is 1. The molecule has 98 valence electrons. The Balaban J connectivity index is 2.76. The van der Waals surface area contributed by atoms with E-state index < -0.39 is 10.0 Å². The van der Waals surface area contributed by atoms with E-state index in [2.05, 4.69) is 4.72 Å². The van der Waals surface area contributed by atoms with Crippen LogP contribution in [0.2, 0.25) is 0 Å². The molecule has 0 spiro atoms. The van der Waals surface area contributed by atoms with Crippen LogP contribution >= 0.6 is 11.3 Å². The van der Waals surface area contributed by atoms with Crippen molar-refractivity contribution in [2.45, 2.75) is 38.7 Å². The standard InChI is InChI=1S/C11H19NO3S2/c1-4-11(2,3)8-12-17(14,15)10-5-9(6-13)16-7-10/h5,7,12-13H,4,6,8H2,1-3H3. The van der Waals surface area contributed by atoms with Gasteiger partial charge >= 0.3 is 0 Å². The summed E-state index contributed by atoms with van der Waals surface area (Å²) in [5.74, 6) is 0. The van der Waals surface area contributed by atoms with Crippen LogP contribution in [0.4, 0.5) is 0 Å². The molecule has 0 saturated heterocycles. The fourth-order valence-corrected chi connectivity index (χ4v) is 3.46. The Hall–Kier alpha value is -0.430. The van der Waals surface area contributed by atoms with Gasteiger partial charge in [0, 0.05) is 16.8 Å². The summed E-state index contributed by atoms with van der Waals surface area (Å²) in [6.45, 7) is 6.35. The normalized spacial score (nSPS) is 12.9. The SMILES string of the molecule is CCC(C)(C)CNS(=O)(=O)c1csc(CO)c1. The zero-order valence-corrected chi connectivity index (χ0v) is 12.0. The first-order valence-electron chi connectivity index (χ1n) is 5.48. The van der Waals surface area contributed by atoms with Crippen LogP contribution in [0.1, 0.15) is 32.1 Å². The van der Waals surface area contributed by atoms with E-state index in [9.17, 15) is 8.42 Å². The Bertz CT molecular complexity index is 463. The lowest BCUT2D eigenvalue weighted by Gasteiger charge is -2.22. The molecule has 0 aromatic carbocycles. The van der Waals surface area contributed by atoms with Crippen LogP contribution in [0, 0.1) is 5.41 Å². The predicted octanol–water partition coefficient (Wildman–Crippen LogP) is 1.95. The molecule has 17 heavy (non-hydrogen) atoms. The molecule has 0 aliphatic carbocycles. The van der Waals surface area contributed by atoms with Crippen LogP contribution in [0.15, 0.2) is 16.3 Å². The molecule has 0 unspecified atom stereocenters.